The predicted octanol–water partition coefficient (Wildman–Crippen LogP) is 2.83. The summed E-state index contributed by atoms with van der Waals surface area (Å²) in [7, 11) is 0. The second-order valence-electron chi connectivity index (χ2n) is 5.22. The highest BCUT2D eigenvalue weighted by Gasteiger charge is 2.15. The molecule has 2 amide bonds. The Balaban J connectivity index is 1.76. The molecular formula is C17H13F2N3O2. The van der Waals surface area contributed by atoms with Crippen molar-refractivity contribution in [3.63, 3.8) is 0 Å². The van der Waals surface area contributed by atoms with Gasteiger partial charge in [0.2, 0.25) is 5.91 Å². The Bertz CT molecular complexity index is 812. The zero-order valence-electron chi connectivity index (χ0n) is 12.5. The zero-order chi connectivity index (χ0) is 17.1. The van der Waals surface area contributed by atoms with Gasteiger partial charge in [0.1, 0.15) is 17.3 Å². The monoisotopic (exact) mass is 329 g/mol. The standard InChI is InChI=1S/C17H13F2N3O2/c18-12-2-1-3-13(19)16(12)20-17(24)11-6-4-10(5-7-11)14-8-9-15(23)22-21-14/h1-7H,8-9H2,(H,20,24)(H,22,23). The van der Waals surface area contributed by atoms with Crippen molar-refractivity contribution in [1.82, 2.24) is 5.43 Å². The van der Waals surface area contributed by atoms with Crippen molar-refractivity contribution in [3.05, 3.63) is 65.2 Å². The highest BCUT2D eigenvalue weighted by Crippen LogP contribution is 2.19. The van der Waals surface area contributed by atoms with Crippen molar-refractivity contribution in [2.45, 2.75) is 12.8 Å². The molecule has 0 radical (unpaired) electrons. The number of amides is 2. The van der Waals surface area contributed by atoms with Gasteiger partial charge in [0.05, 0.1) is 5.71 Å². The summed E-state index contributed by atoms with van der Waals surface area (Å²) >= 11 is 0. The molecule has 24 heavy (non-hydrogen) atoms. The van der Waals surface area contributed by atoms with Crippen molar-refractivity contribution in [2.75, 3.05) is 5.32 Å². The molecule has 7 heteroatoms. The van der Waals surface area contributed by atoms with E-state index in [9.17, 15) is 18.4 Å². The number of hydrogen-bond donors (Lipinski definition) is 2. The first-order valence-corrected chi connectivity index (χ1v) is 7.26. The third-order valence-corrected chi connectivity index (χ3v) is 3.59. The van der Waals surface area contributed by atoms with E-state index in [1.54, 1.807) is 12.1 Å². The maximum absolute atomic E-state index is 13.6. The molecule has 0 unspecified atom stereocenters. The molecular weight excluding hydrogens is 316 g/mol. The minimum Gasteiger partial charge on any atom is -0.317 e. The van der Waals surface area contributed by atoms with Crippen LogP contribution in [0.4, 0.5) is 14.5 Å². The summed E-state index contributed by atoms with van der Waals surface area (Å²) in [6, 6.07) is 9.75. The van der Waals surface area contributed by atoms with Gasteiger partial charge in [-0.25, -0.2) is 14.2 Å². The van der Waals surface area contributed by atoms with Crippen LogP contribution in [0.3, 0.4) is 0 Å². The number of nitrogens with zero attached hydrogens (tertiary/aromatic N) is 1. The van der Waals surface area contributed by atoms with Gasteiger partial charge in [0.25, 0.3) is 5.91 Å². The summed E-state index contributed by atoms with van der Waals surface area (Å²) in [5.41, 5.74) is 3.65. The minimum atomic E-state index is -0.840. The summed E-state index contributed by atoms with van der Waals surface area (Å²) < 4.78 is 27.1. The van der Waals surface area contributed by atoms with Crippen molar-refractivity contribution < 1.29 is 18.4 Å². The summed E-state index contributed by atoms with van der Waals surface area (Å²) in [6.07, 6.45) is 0.867. The van der Waals surface area contributed by atoms with E-state index < -0.39 is 23.2 Å². The van der Waals surface area contributed by atoms with Gasteiger partial charge in [0, 0.05) is 18.4 Å². The fourth-order valence-electron chi connectivity index (χ4n) is 2.30. The molecule has 0 atom stereocenters. The van der Waals surface area contributed by atoms with E-state index in [2.05, 4.69) is 15.8 Å². The van der Waals surface area contributed by atoms with Gasteiger partial charge in [-0.2, -0.15) is 5.10 Å². The SMILES string of the molecule is O=C1CCC(c2ccc(C(=O)Nc3c(F)cccc3F)cc2)=NN1. The van der Waals surface area contributed by atoms with Gasteiger partial charge in [-0.3, -0.25) is 9.59 Å². The lowest BCUT2D eigenvalue weighted by Gasteiger charge is -2.12. The molecule has 122 valence electrons. The number of hydrazone groups is 1. The normalized spacial score (nSPS) is 13.9. The van der Waals surface area contributed by atoms with Crippen LogP contribution >= 0.6 is 0 Å². The minimum absolute atomic E-state index is 0.137. The molecule has 0 saturated carbocycles. The molecule has 2 aromatic carbocycles. The average molecular weight is 329 g/mol. The number of carbonyl (C=O) groups is 2. The van der Waals surface area contributed by atoms with Crippen LogP contribution in [-0.2, 0) is 4.79 Å². The quantitative estimate of drug-likeness (QED) is 0.909. The third kappa shape index (κ3) is 3.29. The second-order valence-corrected chi connectivity index (χ2v) is 5.22. The molecule has 0 fully saturated rings. The number of benzene rings is 2. The predicted molar refractivity (Wildman–Crippen MR) is 84.7 cm³/mol. The van der Waals surface area contributed by atoms with E-state index in [4.69, 9.17) is 0 Å². The molecule has 0 saturated heterocycles. The Morgan fingerprint density at radius 1 is 1.04 bits per heavy atom. The van der Waals surface area contributed by atoms with Gasteiger partial charge < -0.3 is 5.32 Å². The van der Waals surface area contributed by atoms with Crippen LogP contribution < -0.4 is 10.7 Å². The van der Waals surface area contributed by atoms with Crippen LogP contribution in [-0.4, -0.2) is 17.5 Å². The van der Waals surface area contributed by atoms with Crippen molar-refractivity contribution in [3.8, 4) is 0 Å². The molecule has 1 aliphatic heterocycles. The maximum atomic E-state index is 13.6. The summed E-state index contributed by atoms with van der Waals surface area (Å²) in [5.74, 6) is -2.44. The molecule has 2 aromatic rings. The van der Waals surface area contributed by atoms with Crippen LogP contribution in [0.2, 0.25) is 0 Å². The molecule has 0 spiro atoms. The number of rotatable bonds is 3. The zero-order valence-corrected chi connectivity index (χ0v) is 12.5. The van der Waals surface area contributed by atoms with Crippen LogP contribution in [0, 0.1) is 11.6 Å². The fourth-order valence-corrected chi connectivity index (χ4v) is 2.30. The molecule has 1 heterocycles. The fraction of sp³-hybridized carbons (Fsp3) is 0.118. The topological polar surface area (TPSA) is 70.6 Å². The number of hydrogen-bond acceptors (Lipinski definition) is 3. The van der Waals surface area contributed by atoms with Gasteiger partial charge >= 0.3 is 0 Å². The molecule has 3 rings (SSSR count). The maximum Gasteiger partial charge on any atom is 0.255 e. The van der Waals surface area contributed by atoms with Gasteiger partial charge in [-0.15, -0.1) is 0 Å². The Hall–Kier alpha value is -3.09. The lowest BCUT2D eigenvalue weighted by Crippen LogP contribution is -2.25. The Kier molecular flexibility index (Phi) is 4.33. The summed E-state index contributed by atoms with van der Waals surface area (Å²) in [5, 5.41) is 6.19. The molecule has 2 N–H and O–H groups in total. The van der Waals surface area contributed by atoms with E-state index in [0.29, 0.717) is 18.6 Å². The van der Waals surface area contributed by atoms with E-state index in [0.717, 1.165) is 17.7 Å². The van der Waals surface area contributed by atoms with Crippen molar-refractivity contribution >= 4 is 23.2 Å². The van der Waals surface area contributed by atoms with Crippen LogP contribution in [0.1, 0.15) is 28.8 Å². The number of nitrogens with one attached hydrogen (secondary N) is 2. The number of halogens is 2. The van der Waals surface area contributed by atoms with E-state index in [-0.39, 0.29) is 11.5 Å². The van der Waals surface area contributed by atoms with E-state index >= 15 is 0 Å². The van der Waals surface area contributed by atoms with Gasteiger partial charge in [-0.1, -0.05) is 18.2 Å². The van der Waals surface area contributed by atoms with Crippen molar-refractivity contribution in [2.24, 2.45) is 5.10 Å². The lowest BCUT2D eigenvalue weighted by molar-refractivity contribution is -0.121. The molecule has 0 aliphatic carbocycles. The first-order valence-electron chi connectivity index (χ1n) is 7.26. The molecule has 0 bridgehead atoms. The number of carbonyl (C=O) groups excluding carboxylic acids is 2. The van der Waals surface area contributed by atoms with Gasteiger partial charge in [-0.05, 0) is 29.8 Å². The number of anilines is 1. The highest BCUT2D eigenvalue weighted by molar-refractivity contribution is 6.07. The van der Waals surface area contributed by atoms with E-state index in [1.165, 1.54) is 18.2 Å². The van der Waals surface area contributed by atoms with Crippen LogP contribution in [0.5, 0.6) is 0 Å². The molecule has 0 aromatic heterocycles. The summed E-state index contributed by atoms with van der Waals surface area (Å²) in [4.78, 5) is 23.2. The Morgan fingerprint density at radius 2 is 1.71 bits per heavy atom. The highest BCUT2D eigenvalue weighted by atomic mass is 19.1. The Labute approximate surface area is 136 Å². The second kappa shape index (κ2) is 6.57. The summed E-state index contributed by atoms with van der Waals surface area (Å²) in [6.45, 7) is 0. The van der Waals surface area contributed by atoms with Crippen LogP contribution in [0.15, 0.2) is 47.6 Å². The molecule has 1 aliphatic rings. The largest absolute Gasteiger partial charge is 0.317 e. The first kappa shape index (κ1) is 15.8. The van der Waals surface area contributed by atoms with Crippen LogP contribution in [0.25, 0.3) is 0 Å². The van der Waals surface area contributed by atoms with Crippen molar-refractivity contribution in [1.29, 1.82) is 0 Å². The molecule has 5 nitrogen and oxygen atoms in total. The van der Waals surface area contributed by atoms with Gasteiger partial charge in [0.15, 0.2) is 0 Å². The average Bonchev–Trinajstić information content (AvgIpc) is 2.59. The Morgan fingerprint density at radius 3 is 2.29 bits per heavy atom. The van der Waals surface area contributed by atoms with E-state index in [1.807, 2.05) is 0 Å². The smallest absolute Gasteiger partial charge is 0.255 e. The lowest BCUT2D eigenvalue weighted by atomic mass is 10.0. The first-order chi connectivity index (χ1) is 11.5. The number of para-hydroxylation sites is 1. The third-order valence-electron chi connectivity index (χ3n) is 3.59.